The minimum atomic E-state index is 0.378. The fourth-order valence-electron chi connectivity index (χ4n) is 2.17. The summed E-state index contributed by atoms with van der Waals surface area (Å²) in [7, 11) is 0. The number of Topliss-reactive ketones (excluding diaryl/α,β-unsaturated/α-hetero) is 1. The molecule has 16 heavy (non-hydrogen) atoms. The third kappa shape index (κ3) is 2.53. The van der Waals surface area contributed by atoms with Gasteiger partial charge in [0, 0.05) is 36.4 Å². The molecule has 1 aromatic rings. The Morgan fingerprint density at radius 2 is 1.88 bits per heavy atom. The Balaban J connectivity index is 2.10. The van der Waals surface area contributed by atoms with Crippen LogP contribution in [0.4, 0.5) is 0 Å². The van der Waals surface area contributed by atoms with Gasteiger partial charge in [-0.05, 0) is 18.6 Å². The standard InChI is InChI=1S/C13H16BrNO/c1-10(12-4-2-3-5-13(12)14)15-8-6-11(16)7-9-15/h2-5,10H,6-9H2,1H3/t10-/m0/s1. The number of ketones is 1. The molecule has 1 atom stereocenters. The van der Waals surface area contributed by atoms with Crippen LogP contribution in [0.25, 0.3) is 0 Å². The molecule has 0 amide bonds. The molecule has 86 valence electrons. The van der Waals surface area contributed by atoms with Gasteiger partial charge < -0.3 is 0 Å². The average molecular weight is 282 g/mol. The first-order chi connectivity index (χ1) is 7.68. The van der Waals surface area contributed by atoms with Crippen LogP contribution in [0.3, 0.4) is 0 Å². The number of benzene rings is 1. The predicted molar refractivity (Wildman–Crippen MR) is 68.4 cm³/mol. The zero-order chi connectivity index (χ0) is 11.5. The van der Waals surface area contributed by atoms with E-state index in [0.717, 1.165) is 17.6 Å². The van der Waals surface area contributed by atoms with Crippen molar-refractivity contribution in [2.45, 2.75) is 25.8 Å². The highest BCUT2D eigenvalue weighted by molar-refractivity contribution is 9.10. The molecule has 1 aliphatic heterocycles. The zero-order valence-electron chi connectivity index (χ0n) is 9.45. The van der Waals surface area contributed by atoms with Gasteiger partial charge in [0.25, 0.3) is 0 Å². The van der Waals surface area contributed by atoms with Crippen molar-refractivity contribution in [1.82, 2.24) is 4.90 Å². The maximum absolute atomic E-state index is 11.2. The summed E-state index contributed by atoms with van der Waals surface area (Å²) in [5.74, 6) is 0.399. The van der Waals surface area contributed by atoms with Gasteiger partial charge in [-0.15, -0.1) is 0 Å². The van der Waals surface area contributed by atoms with Crippen molar-refractivity contribution in [3.05, 3.63) is 34.3 Å². The quantitative estimate of drug-likeness (QED) is 0.830. The molecule has 0 aromatic heterocycles. The van der Waals surface area contributed by atoms with Crippen LogP contribution in [0.2, 0.25) is 0 Å². The van der Waals surface area contributed by atoms with Gasteiger partial charge in [0.1, 0.15) is 5.78 Å². The van der Waals surface area contributed by atoms with E-state index in [9.17, 15) is 4.79 Å². The Bertz CT molecular complexity index is 381. The topological polar surface area (TPSA) is 20.3 Å². The van der Waals surface area contributed by atoms with Gasteiger partial charge in [0.05, 0.1) is 0 Å². The summed E-state index contributed by atoms with van der Waals surface area (Å²) < 4.78 is 1.15. The molecule has 2 nitrogen and oxygen atoms in total. The second-order valence-corrected chi connectivity index (χ2v) is 5.13. The summed E-state index contributed by atoms with van der Waals surface area (Å²) in [4.78, 5) is 13.6. The Hall–Kier alpha value is -0.670. The smallest absolute Gasteiger partial charge is 0.135 e. The minimum absolute atomic E-state index is 0.378. The zero-order valence-corrected chi connectivity index (χ0v) is 11.0. The van der Waals surface area contributed by atoms with Gasteiger partial charge in [-0.3, -0.25) is 9.69 Å². The first kappa shape index (κ1) is 11.8. The number of rotatable bonds is 2. The van der Waals surface area contributed by atoms with Crippen LogP contribution in [-0.4, -0.2) is 23.8 Å². The summed E-state index contributed by atoms with van der Waals surface area (Å²) in [6.07, 6.45) is 1.41. The Kier molecular flexibility index (Phi) is 3.77. The largest absolute Gasteiger partial charge is 0.300 e. The molecule has 1 aromatic carbocycles. The lowest BCUT2D eigenvalue weighted by atomic mass is 10.0. The molecule has 0 N–H and O–H groups in total. The van der Waals surface area contributed by atoms with Crippen molar-refractivity contribution in [3.63, 3.8) is 0 Å². The van der Waals surface area contributed by atoms with Crippen molar-refractivity contribution in [2.75, 3.05) is 13.1 Å². The van der Waals surface area contributed by atoms with Crippen molar-refractivity contribution in [3.8, 4) is 0 Å². The van der Waals surface area contributed by atoms with Crippen LogP contribution in [0.5, 0.6) is 0 Å². The van der Waals surface area contributed by atoms with Gasteiger partial charge >= 0.3 is 0 Å². The van der Waals surface area contributed by atoms with Crippen LogP contribution in [0.15, 0.2) is 28.7 Å². The number of hydrogen-bond acceptors (Lipinski definition) is 2. The molecule has 1 fully saturated rings. The molecule has 2 rings (SSSR count). The molecule has 0 unspecified atom stereocenters. The number of piperidine rings is 1. The molecule has 1 heterocycles. The Morgan fingerprint density at radius 3 is 2.50 bits per heavy atom. The third-order valence-electron chi connectivity index (χ3n) is 3.26. The summed E-state index contributed by atoms with van der Waals surface area (Å²) in [5.41, 5.74) is 1.30. The van der Waals surface area contributed by atoms with Gasteiger partial charge in [-0.25, -0.2) is 0 Å². The number of halogens is 1. The van der Waals surface area contributed by atoms with Crippen LogP contribution in [0, 0.1) is 0 Å². The number of carbonyl (C=O) groups excluding carboxylic acids is 1. The monoisotopic (exact) mass is 281 g/mol. The lowest BCUT2D eigenvalue weighted by Crippen LogP contribution is -2.35. The second kappa shape index (κ2) is 5.11. The van der Waals surface area contributed by atoms with E-state index in [0.29, 0.717) is 24.7 Å². The maximum atomic E-state index is 11.2. The van der Waals surface area contributed by atoms with Gasteiger partial charge in [0.15, 0.2) is 0 Å². The van der Waals surface area contributed by atoms with Crippen molar-refractivity contribution >= 4 is 21.7 Å². The molecule has 0 bridgehead atoms. The number of carbonyl (C=O) groups is 1. The van der Waals surface area contributed by atoms with Crippen molar-refractivity contribution in [2.24, 2.45) is 0 Å². The summed E-state index contributed by atoms with van der Waals surface area (Å²) >= 11 is 3.58. The van der Waals surface area contributed by atoms with E-state index >= 15 is 0 Å². The van der Waals surface area contributed by atoms with E-state index in [2.05, 4.69) is 46.0 Å². The van der Waals surface area contributed by atoms with E-state index in [4.69, 9.17) is 0 Å². The summed E-state index contributed by atoms with van der Waals surface area (Å²) in [6, 6.07) is 8.68. The molecule has 0 radical (unpaired) electrons. The molecule has 0 aliphatic carbocycles. The molecular weight excluding hydrogens is 266 g/mol. The van der Waals surface area contributed by atoms with E-state index < -0.39 is 0 Å². The van der Waals surface area contributed by atoms with Crippen LogP contribution in [0.1, 0.15) is 31.4 Å². The van der Waals surface area contributed by atoms with E-state index in [-0.39, 0.29) is 0 Å². The van der Waals surface area contributed by atoms with Crippen LogP contribution >= 0.6 is 15.9 Å². The fraction of sp³-hybridized carbons (Fsp3) is 0.462. The number of hydrogen-bond donors (Lipinski definition) is 0. The highest BCUT2D eigenvalue weighted by Gasteiger charge is 2.22. The molecule has 1 aliphatic rings. The number of likely N-dealkylation sites (tertiary alicyclic amines) is 1. The van der Waals surface area contributed by atoms with Gasteiger partial charge in [-0.1, -0.05) is 34.1 Å². The van der Waals surface area contributed by atoms with Crippen LogP contribution < -0.4 is 0 Å². The van der Waals surface area contributed by atoms with Crippen molar-refractivity contribution in [1.29, 1.82) is 0 Å². The molecule has 0 saturated carbocycles. The lowest BCUT2D eigenvalue weighted by molar-refractivity contribution is -0.121. The van der Waals surface area contributed by atoms with E-state index in [1.165, 1.54) is 5.56 Å². The first-order valence-corrected chi connectivity index (χ1v) is 6.48. The summed E-state index contributed by atoms with van der Waals surface area (Å²) in [5, 5.41) is 0. The SMILES string of the molecule is C[C@@H](c1ccccc1Br)N1CCC(=O)CC1. The average Bonchev–Trinajstić information content (AvgIpc) is 2.30. The summed E-state index contributed by atoms with van der Waals surface area (Å²) in [6.45, 7) is 3.98. The normalized spacial score (nSPS) is 19.8. The highest BCUT2D eigenvalue weighted by atomic mass is 79.9. The molecule has 3 heteroatoms. The fourth-order valence-corrected chi connectivity index (χ4v) is 2.79. The molecule has 1 saturated heterocycles. The molecule has 0 spiro atoms. The van der Waals surface area contributed by atoms with Gasteiger partial charge in [-0.2, -0.15) is 0 Å². The highest BCUT2D eigenvalue weighted by Crippen LogP contribution is 2.28. The molecular formula is C13H16BrNO. The van der Waals surface area contributed by atoms with Crippen LogP contribution in [-0.2, 0) is 4.79 Å². The van der Waals surface area contributed by atoms with Gasteiger partial charge in [0.2, 0.25) is 0 Å². The number of nitrogens with zero attached hydrogens (tertiary/aromatic N) is 1. The lowest BCUT2D eigenvalue weighted by Gasteiger charge is -2.32. The Labute approximate surface area is 105 Å². The second-order valence-electron chi connectivity index (χ2n) is 4.27. The predicted octanol–water partition coefficient (Wildman–Crippen LogP) is 3.18. The van der Waals surface area contributed by atoms with E-state index in [1.54, 1.807) is 0 Å². The van der Waals surface area contributed by atoms with E-state index in [1.807, 2.05) is 6.07 Å². The maximum Gasteiger partial charge on any atom is 0.135 e. The Morgan fingerprint density at radius 1 is 1.25 bits per heavy atom. The minimum Gasteiger partial charge on any atom is -0.300 e. The third-order valence-corrected chi connectivity index (χ3v) is 3.98. The first-order valence-electron chi connectivity index (χ1n) is 5.68. The van der Waals surface area contributed by atoms with Crippen molar-refractivity contribution < 1.29 is 4.79 Å².